The van der Waals surface area contributed by atoms with E-state index in [-0.39, 0.29) is 5.54 Å². The van der Waals surface area contributed by atoms with Crippen molar-refractivity contribution in [2.45, 2.75) is 25.3 Å². The van der Waals surface area contributed by atoms with Crippen molar-refractivity contribution in [1.29, 1.82) is 5.26 Å². The number of anilines is 1. The first-order valence-electron chi connectivity index (χ1n) is 5.57. The Hall–Kier alpha value is -1.60. The predicted molar refractivity (Wildman–Crippen MR) is 63.1 cm³/mol. The first kappa shape index (κ1) is 10.9. The molecule has 16 heavy (non-hydrogen) atoms. The fourth-order valence-corrected chi connectivity index (χ4v) is 2.02. The third-order valence-electron chi connectivity index (χ3n) is 3.03. The Kier molecular flexibility index (Phi) is 3.07. The number of rotatable bonds is 2. The van der Waals surface area contributed by atoms with Gasteiger partial charge in [0.15, 0.2) is 0 Å². The third-order valence-corrected chi connectivity index (χ3v) is 3.03. The van der Waals surface area contributed by atoms with Crippen LogP contribution < -0.4 is 10.6 Å². The summed E-state index contributed by atoms with van der Waals surface area (Å²) in [6.07, 6.45) is 3.86. The average Bonchev–Trinajstić information content (AvgIpc) is 2.29. The molecule has 0 amide bonds. The van der Waals surface area contributed by atoms with Crippen LogP contribution in [0.15, 0.2) is 18.3 Å². The van der Waals surface area contributed by atoms with Crippen LogP contribution in [0.2, 0.25) is 0 Å². The van der Waals surface area contributed by atoms with E-state index in [9.17, 15) is 0 Å². The molecule has 2 rings (SSSR count). The van der Waals surface area contributed by atoms with Gasteiger partial charge in [0.2, 0.25) is 0 Å². The second kappa shape index (κ2) is 4.50. The lowest BCUT2D eigenvalue weighted by Crippen LogP contribution is -2.45. The number of nitriles is 1. The molecule has 0 radical (unpaired) electrons. The summed E-state index contributed by atoms with van der Waals surface area (Å²) in [4.78, 5) is 3.96. The summed E-state index contributed by atoms with van der Waals surface area (Å²) in [5.74, 6) is 0. The Morgan fingerprint density at radius 3 is 2.94 bits per heavy atom. The first-order valence-corrected chi connectivity index (χ1v) is 5.57. The van der Waals surface area contributed by atoms with Gasteiger partial charge in [-0.2, -0.15) is 5.26 Å². The van der Waals surface area contributed by atoms with Gasteiger partial charge in [-0.05, 0) is 45.0 Å². The summed E-state index contributed by atoms with van der Waals surface area (Å²) >= 11 is 0. The summed E-state index contributed by atoms with van der Waals surface area (Å²) in [6.45, 7) is 4.31. The van der Waals surface area contributed by atoms with Crippen LogP contribution in [0.4, 0.5) is 5.69 Å². The molecule has 0 aromatic carbocycles. The van der Waals surface area contributed by atoms with Crippen molar-refractivity contribution in [3.8, 4) is 6.07 Å². The Morgan fingerprint density at radius 1 is 1.50 bits per heavy atom. The van der Waals surface area contributed by atoms with Gasteiger partial charge in [-0.15, -0.1) is 0 Å². The molecule has 0 saturated carbocycles. The molecular weight excluding hydrogens is 200 g/mol. The van der Waals surface area contributed by atoms with Crippen molar-refractivity contribution in [3.05, 3.63) is 24.0 Å². The van der Waals surface area contributed by atoms with Crippen molar-refractivity contribution in [3.63, 3.8) is 0 Å². The highest BCUT2D eigenvalue weighted by molar-refractivity contribution is 5.48. The minimum absolute atomic E-state index is 0.124. The molecule has 4 nitrogen and oxygen atoms in total. The van der Waals surface area contributed by atoms with E-state index >= 15 is 0 Å². The van der Waals surface area contributed by atoms with E-state index < -0.39 is 0 Å². The van der Waals surface area contributed by atoms with Gasteiger partial charge in [0.25, 0.3) is 0 Å². The minimum Gasteiger partial charge on any atom is -0.380 e. The van der Waals surface area contributed by atoms with Crippen molar-refractivity contribution in [2.75, 3.05) is 18.4 Å². The van der Waals surface area contributed by atoms with Gasteiger partial charge in [0.05, 0.1) is 0 Å². The molecule has 2 N–H and O–H groups in total. The van der Waals surface area contributed by atoms with Crippen LogP contribution in [0.1, 0.15) is 25.5 Å². The van der Waals surface area contributed by atoms with Crippen molar-refractivity contribution < 1.29 is 0 Å². The number of aromatic nitrogens is 1. The maximum Gasteiger partial charge on any atom is 0.142 e. The molecule has 0 unspecified atom stereocenters. The average molecular weight is 216 g/mol. The molecule has 0 aliphatic carbocycles. The number of hydrogen-bond acceptors (Lipinski definition) is 4. The lowest BCUT2D eigenvalue weighted by atomic mass is 9.90. The van der Waals surface area contributed by atoms with Gasteiger partial charge in [-0.25, -0.2) is 4.98 Å². The number of piperidine rings is 1. The zero-order chi connectivity index (χ0) is 11.4. The number of nitrogens with one attached hydrogen (secondary N) is 2. The van der Waals surface area contributed by atoms with Crippen LogP contribution >= 0.6 is 0 Å². The smallest absolute Gasteiger partial charge is 0.142 e. The van der Waals surface area contributed by atoms with Crippen molar-refractivity contribution in [2.24, 2.45) is 0 Å². The highest BCUT2D eigenvalue weighted by Crippen LogP contribution is 2.23. The summed E-state index contributed by atoms with van der Waals surface area (Å²) in [6, 6.07) is 5.76. The van der Waals surface area contributed by atoms with Gasteiger partial charge >= 0.3 is 0 Å². The van der Waals surface area contributed by atoms with Gasteiger partial charge in [0.1, 0.15) is 11.8 Å². The molecule has 1 fully saturated rings. The molecule has 2 heterocycles. The van der Waals surface area contributed by atoms with Gasteiger partial charge in [-0.1, -0.05) is 0 Å². The molecule has 1 aromatic rings. The quantitative estimate of drug-likeness (QED) is 0.786. The fourth-order valence-electron chi connectivity index (χ4n) is 2.02. The lowest BCUT2D eigenvalue weighted by Gasteiger charge is -2.35. The Balaban J connectivity index is 2.10. The molecule has 1 aliphatic rings. The lowest BCUT2D eigenvalue weighted by molar-refractivity contribution is 0.365. The fraction of sp³-hybridized carbons (Fsp3) is 0.500. The Labute approximate surface area is 95.7 Å². The molecule has 0 bridgehead atoms. The molecule has 0 spiro atoms. The Bertz CT molecular complexity index is 402. The van der Waals surface area contributed by atoms with Crippen LogP contribution in [-0.4, -0.2) is 23.6 Å². The minimum atomic E-state index is 0.124. The van der Waals surface area contributed by atoms with E-state index in [4.69, 9.17) is 5.26 Å². The van der Waals surface area contributed by atoms with Gasteiger partial charge in [0, 0.05) is 17.4 Å². The zero-order valence-corrected chi connectivity index (χ0v) is 9.45. The second-order valence-electron chi connectivity index (χ2n) is 4.48. The molecule has 84 valence electrons. The summed E-state index contributed by atoms with van der Waals surface area (Å²) in [7, 11) is 0. The van der Waals surface area contributed by atoms with Crippen LogP contribution in [0.25, 0.3) is 0 Å². The monoisotopic (exact) mass is 216 g/mol. The zero-order valence-electron chi connectivity index (χ0n) is 9.45. The summed E-state index contributed by atoms with van der Waals surface area (Å²) < 4.78 is 0. The van der Waals surface area contributed by atoms with Crippen LogP contribution in [0, 0.1) is 11.3 Å². The summed E-state index contributed by atoms with van der Waals surface area (Å²) in [5, 5.41) is 15.6. The van der Waals surface area contributed by atoms with Crippen LogP contribution in [0.5, 0.6) is 0 Å². The van der Waals surface area contributed by atoms with E-state index in [2.05, 4.69) is 28.6 Å². The van der Waals surface area contributed by atoms with Crippen LogP contribution in [-0.2, 0) is 0 Å². The van der Waals surface area contributed by atoms with E-state index in [1.165, 1.54) is 0 Å². The molecule has 1 aliphatic heterocycles. The molecule has 1 saturated heterocycles. The van der Waals surface area contributed by atoms with Gasteiger partial charge < -0.3 is 10.6 Å². The highest BCUT2D eigenvalue weighted by Gasteiger charge is 2.26. The highest BCUT2D eigenvalue weighted by atomic mass is 15.0. The Morgan fingerprint density at radius 2 is 2.25 bits per heavy atom. The first-order chi connectivity index (χ1) is 7.72. The molecule has 1 aromatic heterocycles. The van der Waals surface area contributed by atoms with Crippen molar-refractivity contribution >= 4 is 5.69 Å². The largest absolute Gasteiger partial charge is 0.380 e. The predicted octanol–water partition coefficient (Wildman–Crippen LogP) is 1.51. The molecule has 0 atom stereocenters. The second-order valence-corrected chi connectivity index (χ2v) is 4.48. The normalized spacial score (nSPS) is 18.8. The number of nitrogens with zero attached hydrogens (tertiary/aromatic N) is 2. The van der Waals surface area contributed by atoms with Gasteiger partial charge in [-0.3, -0.25) is 0 Å². The van der Waals surface area contributed by atoms with E-state index in [1.807, 2.05) is 6.07 Å². The van der Waals surface area contributed by atoms with E-state index in [1.54, 1.807) is 12.3 Å². The van der Waals surface area contributed by atoms with E-state index in [0.29, 0.717) is 5.69 Å². The SMILES string of the molecule is CC1(Nc2ccnc(C#N)c2)CCNCC1. The summed E-state index contributed by atoms with van der Waals surface area (Å²) in [5.41, 5.74) is 1.57. The number of hydrogen-bond donors (Lipinski definition) is 2. The standard InChI is InChI=1S/C12H16N4/c1-12(3-6-14-7-4-12)16-10-2-5-15-11(8-10)9-13/h2,5,8,14H,3-4,6-7H2,1H3,(H,15,16). The third kappa shape index (κ3) is 2.50. The van der Waals surface area contributed by atoms with Crippen LogP contribution in [0.3, 0.4) is 0 Å². The molecule has 4 heteroatoms. The maximum atomic E-state index is 8.78. The van der Waals surface area contributed by atoms with E-state index in [0.717, 1.165) is 31.6 Å². The maximum absolute atomic E-state index is 8.78. The topological polar surface area (TPSA) is 60.7 Å². The molecular formula is C12H16N4. The number of pyridine rings is 1. The van der Waals surface area contributed by atoms with Crippen molar-refractivity contribution in [1.82, 2.24) is 10.3 Å².